The Bertz CT molecular complexity index is 1250. The SMILES string of the molecule is Cc1ccc(C)c(NC(=O)C(OC(=O)C(C)N2C(=O)c3ccccc3C2=O)c2ccccc2)c1. The van der Waals surface area contributed by atoms with Crippen LogP contribution >= 0.6 is 0 Å². The second-order valence-corrected chi connectivity index (χ2v) is 8.24. The van der Waals surface area contributed by atoms with Crippen LogP contribution in [0.1, 0.15) is 50.4 Å². The van der Waals surface area contributed by atoms with Crippen LogP contribution in [0.5, 0.6) is 0 Å². The van der Waals surface area contributed by atoms with Crippen molar-refractivity contribution in [1.82, 2.24) is 4.90 Å². The second kappa shape index (κ2) is 9.31. The number of amides is 3. The van der Waals surface area contributed by atoms with Crippen molar-refractivity contribution < 1.29 is 23.9 Å². The molecule has 3 aromatic rings. The van der Waals surface area contributed by atoms with Gasteiger partial charge in [0.15, 0.2) is 0 Å². The summed E-state index contributed by atoms with van der Waals surface area (Å²) in [5.74, 6) is -2.54. The van der Waals surface area contributed by atoms with Gasteiger partial charge in [-0.3, -0.25) is 19.3 Å². The number of aryl methyl sites for hydroxylation is 2. The molecule has 1 aliphatic rings. The van der Waals surface area contributed by atoms with Crippen LogP contribution in [0.25, 0.3) is 0 Å². The molecule has 1 aliphatic heterocycles. The average molecular weight is 456 g/mol. The topological polar surface area (TPSA) is 92.8 Å². The monoisotopic (exact) mass is 456 g/mol. The Morgan fingerprint density at radius 2 is 1.44 bits per heavy atom. The van der Waals surface area contributed by atoms with Crippen molar-refractivity contribution in [1.29, 1.82) is 0 Å². The highest BCUT2D eigenvalue weighted by molar-refractivity contribution is 6.22. The lowest BCUT2D eigenvalue weighted by molar-refractivity contribution is -0.158. The zero-order valence-corrected chi connectivity index (χ0v) is 19.1. The summed E-state index contributed by atoms with van der Waals surface area (Å²) in [6.45, 7) is 5.19. The molecule has 1 N–H and O–H groups in total. The van der Waals surface area contributed by atoms with E-state index in [1.807, 2.05) is 32.0 Å². The molecule has 3 aromatic carbocycles. The molecule has 172 valence electrons. The standard InChI is InChI=1S/C27H24N2O5/c1-16-13-14-17(2)22(15-16)28-24(30)23(19-9-5-4-6-10-19)34-27(33)18(3)29-25(31)20-11-7-8-12-21(20)26(29)32/h4-15,18,23H,1-3H3,(H,28,30). The van der Waals surface area contributed by atoms with E-state index in [-0.39, 0.29) is 11.1 Å². The summed E-state index contributed by atoms with van der Waals surface area (Å²) in [6, 6.07) is 19.4. The Hall–Kier alpha value is -4.26. The van der Waals surface area contributed by atoms with Crippen LogP contribution in [0.4, 0.5) is 5.69 Å². The van der Waals surface area contributed by atoms with Crippen LogP contribution in [0, 0.1) is 13.8 Å². The second-order valence-electron chi connectivity index (χ2n) is 8.24. The smallest absolute Gasteiger partial charge is 0.330 e. The lowest BCUT2D eigenvalue weighted by atomic mass is 10.1. The number of hydrogen-bond donors (Lipinski definition) is 1. The molecule has 2 unspecified atom stereocenters. The highest BCUT2D eigenvalue weighted by Crippen LogP contribution is 2.27. The van der Waals surface area contributed by atoms with Crippen molar-refractivity contribution in [2.24, 2.45) is 0 Å². The first-order chi connectivity index (χ1) is 16.3. The Balaban J connectivity index is 1.58. The summed E-state index contributed by atoms with van der Waals surface area (Å²) < 4.78 is 5.61. The molecule has 0 fully saturated rings. The Morgan fingerprint density at radius 3 is 2.06 bits per heavy atom. The first-order valence-electron chi connectivity index (χ1n) is 10.9. The minimum absolute atomic E-state index is 0.236. The number of imide groups is 1. The van der Waals surface area contributed by atoms with E-state index in [9.17, 15) is 19.2 Å². The van der Waals surface area contributed by atoms with Gasteiger partial charge in [0.2, 0.25) is 6.10 Å². The minimum Gasteiger partial charge on any atom is -0.446 e. The van der Waals surface area contributed by atoms with Crippen molar-refractivity contribution in [2.75, 3.05) is 5.32 Å². The molecule has 0 spiro atoms. The van der Waals surface area contributed by atoms with Crippen LogP contribution in [0.3, 0.4) is 0 Å². The van der Waals surface area contributed by atoms with Gasteiger partial charge in [0.05, 0.1) is 11.1 Å². The molecule has 7 nitrogen and oxygen atoms in total. The van der Waals surface area contributed by atoms with Gasteiger partial charge in [0.25, 0.3) is 17.7 Å². The molecule has 0 saturated carbocycles. The summed E-state index contributed by atoms with van der Waals surface area (Å²) >= 11 is 0. The molecule has 0 aliphatic carbocycles. The number of hydrogen-bond acceptors (Lipinski definition) is 5. The molecule has 7 heteroatoms. The van der Waals surface area contributed by atoms with Gasteiger partial charge in [-0.15, -0.1) is 0 Å². The number of carbonyl (C=O) groups is 4. The quantitative estimate of drug-likeness (QED) is 0.443. The highest BCUT2D eigenvalue weighted by atomic mass is 16.5. The van der Waals surface area contributed by atoms with Crippen LogP contribution in [0.15, 0.2) is 72.8 Å². The van der Waals surface area contributed by atoms with Gasteiger partial charge >= 0.3 is 5.97 Å². The third-order valence-electron chi connectivity index (χ3n) is 5.78. The molecule has 0 bridgehead atoms. The molecule has 0 saturated heterocycles. The summed E-state index contributed by atoms with van der Waals surface area (Å²) in [6.07, 6.45) is -1.27. The van der Waals surface area contributed by atoms with E-state index < -0.39 is 35.8 Å². The van der Waals surface area contributed by atoms with E-state index in [1.54, 1.807) is 42.5 Å². The Kier molecular flexibility index (Phi) is 6.27. The summed E-state index contributed by atoms with van der Waals surface area (Å²) in [4.78, 5) is 52.7. The van der Waals surface area contributed by atoms with Crippen LogP contribution in [-0.2, 0) is 14.3 Å². The predicted octanol–water partition coefficient (Wildman–Crippen LogP) is 4.21. The van der Waals surface area contributed by atoms with Crippen molar-refractivity contribution in [3.63, 3.8) is 0 Å². The first kappa shape index (κ1) is 22.9. The summed E-state index contributed by atoms with van der Waals surface area (Å²) in [5.41, 5.74) is 3.37. The number of carbonyl (C=O) groups excluding carboxylic acids is 4. The molecule has 0 aromatic heterocycles. The van der Waals surface area contributed by atoms with E-state index in [4.69, 9.17) is 4.74 Å². The summed E-state index contributed by atoms with van der Waals surface area (Å²) in [7, 11) is 0. The van der Waals surface area contributed by atoms with Gasteiger partial charge in [-0.1, -0.05) is 54.6 Å². The number of fused-ring (bicyclic) bond motifs is 1. The molecule has 34 heavy (non-hydrogen) atoms. The molecule has 3 amide bonds. The third kappa shape index (κ3) is 4.32. The maximum atomic E-state index is 13.2. The Labute approximate surface area is 197 Å². The van der Waals surface area contributed by atoms with E-state index >= 15 is 0 Å². The maximum Gasteiger partial charge on any atom is 0.330 e. The van der Waals surface area contributed by atoms with Gasteiger partial charge in [-0.25, -0.2) is 4.79 Å². The van der Waals surface area contributed by atoms with E-state index in [0.29, 0.717) is 11.3 Å². The molecular weight excluding hydrogens is 432 g/mol. The fourth-order valence-electron chi connectivity index (χ4n) is 3.85. The lowest BCUT2D eigenvalue weighted by Crippen LogP contribution is -2.44. The zero-order valence-electron chi connectivity index (χ0n) is 19.1. The molecule has 0 radical (unpaired) electrons. The van der Waals surface area contributed by atoms with Gasteiger partial charge < -0.3 is 10.1 Å². The number of ether oxygens (including phenoxy) is 1. The maximum absolute atomic E-state index is 13.2. The van der Waals surface area contributed by atoms with Crippen molar-refractivity contribution in [3.05, 3.63) is 101 Å². The van der Waals surface area contributed by atoms with E-state index in [2.05, 4.69) is 5.32 Å². The third-order valence-corrected chi connectivity index (χ3v) is 5.78. The normalized spacial score (nSPS) is 14.4. The lowest BCUT2D eigenvalue weighted by Gasteiger charge is -2.24. The van der Waals surface area contributed by atoms with Gasteiger partial charge in [-0.05, 0) is 50.1 Å². The van der Waals surface area contributed by atoms with Crippen molar-refractivity contribution >= 4 is 29.4 Å². The fourth-order valence-corrected chi connectivity index (χ4v) is 3.85. The number of rotatable bonds is 6. The average Bonchev–Trinajstić information content (AvgIpc) is 3.09. The number of nitrogens with one attached hydrogen (secondary N) is 1. The van der Waals surface area contributed by atoms with Gasteiger partial charge in [-0.2, -0.15) is 0 Å². The van der Waals surface area contributed by atoms with Crippen LogP contribution in [-0.4, -0.2) is 34.6 Å². The first-order valence-corrected chi connectivity index (χ1v) is 10.9. The van der Waals surface area contributed by atoms with Crippen molar-refractivity contribution in [2.45, 2.75) is 32.9 Å². The summed E-state index contributed by atoms with van der Waals surface area (Å²) in [5, 5.41) is 2.83. The molecule has 1 heterocycles. The van der Waals surface area contributed by atoms with E-state index in [0.717, 1.165) is 16.0 Å². The largest absolute Gasteiger partial charge is 0.446 e. The van der Waals surface area contributed by atoms with Crippen molar-refractivity contribution in [3.8, 4) is 0 Å². The number of benzene rings is 3. The molecular formula is C27H24N2O5. The number of esters is 1. The molecule has 2 atom stereocenters. The van der Waals surface area contributed by atoms with Crippen LogP contribution in [0.2, 0.25) is 0 Å². The van der Waals surface area contributed by atoms with Crippen LogP contribution < -0.4 is 5.32 Å². The van der Waals surface area contributed by atoms with E-state index in [1.165, 1.54) is 19.1 Å². The van der Waals surface area contributed by atoms with Gasteiger partial charge in [0, 0.05) is 11.3 Å². The Morgan fingerprint density at radius 1 is 0.853 bits per heavy atom. The molecule has 4 rings (SSSR count). The highest BCUT2D eigenvalue weighted by Gasteiger charge is 2.42. The van der Waals surface area contributed by atoms with Gasteiger partial charge in [0.1, 0.15) is 6.04 Å². The predicted molar refractivity (Wildman–Crippen MR) is 126 cm³/mol. The number of nitrogens with zero attached hydrogens (tertiary/aromatic N) is 1. The zero-order chi connectivity index (χ0) is 24.4. The fraction of sp³-hybridized carbons (Fsp3) is 0.185. The number of anilines is 1. The minimum atomic E-state index is -1.27.